The molecule has 0 aliphatic carbocycles. The summed E-state index contributed by atoms with van der Waals surface area (Å²) < 4.78 is 6.71. The molecule has 0 radical (unpaired) electrons. The summed E-state index contributed by atoms with van der Waals surface area (Å²) in [4.78, 5) is 2.31. The highest BCUT2D eigenvalue weighted by atomic mass is 79.9. The fourth-order valence-electron chi connectivity index (χ4n) is 3.16. The van der Waals surface area contributed by atoms with Gasteiger partial charge in [0, 0.05) is 28.8 Å². The van der Waals surface area contributed by atoms with E-state index < -0.39 is 0 Å². The Hall–Kier alpha value is -1.00. The van der Waals surface area contributed by atoms with Gasteiger partial charge in [-0.25, -0.2) is 0 Å². The Morgan fingerprint density at radius 3 is 2.80 bits per heavy atom. The van der Waals surface area contributed by atoms with Crippen LogP contribution in [0.1, 0.15) is 25.3 Å². The molecule has 1 N–H and O–H groups in total. The second-order valence-corrected chi connectivity index (χ2v) is 6.37. The molecule has 3 fully saturated rings. The van der Waals surface area contributed by atoms with Gasteiger partial charge in [0.15, 0.2) is 0 Å². The predicted octanol–water partition coefficient (Wildman–Crippen LogP) is 3.28. The molecule has 0 spiro atoms. The first-order valence-corrected chi connectivity index (χ1v) is 8.05. The molecule has 2 bridgehead atoms. The molecule has 3 aliphatic heterocycles. The highest BCUT2D eigenvalue weighted by molar-refractivity contribution is 9.10. The van der Waals surface area contributed by atoms with Crippen LogP contribution in [0, 0.1) is 5.92 Å². The van der Waals surface area contributed by atoms with Crippen LogP contribution in [0.2, 0.25) is 0 Å². The van der Waals surface area contributed by atoms with E-state index in [2.05, 4.69) is 26.9 Å². The molecule has 1 unspecified atom stereocenters. The SMILES string of the molecule is CCOc1ccc(Br)cc1C=C1C(O)C2CCN1CC2. The largest absolute Gasteiger partial charge is 0.493 e. The second-order valence-electron chi connectivity index (χ2n) is 5.45. The zero-order chi connectivity index (χ0) is 14.1. The number of hydrogen-bond acceptors (Lipinski definition) is 3. The smallest absolute Gasteiger partial charge is 0.126 e. The van der Waals surface area contributed by atoms with Gasteiger partial charge in [0.25, 0.3) is 0 Å². The van der Waals surface area contributed by atoms with Gasteiger partial charge in [-0.3, -0.25) is 0 Å². The molecule has 3 heterocycles. The lowest BCUT2D eigenvalue weighted by atomic mass is 9.83. The van der Waals surface area contributed by atoms with Crippen LogP contribution in [0.4, 0.5) is 0 Å². The molecule has 3 nitrogen and oxygen atoms in total. The number of hydrogen-bond donors (Lipinski definition) is 1. The van der Waals surface area contributed by atoms with E-state index >= 15 is 0 Å². The summed E-state index contributed by atoms with van der Waals surface area (Å²) >= 11 is 3.51. The first-order chi connectivity index (χ1) is 9.69. The van der Waals surface area contributed by atoms with Crippen molar-refractivity contribution >= 4 is 22.0 Å². The van der Waals surface area contributed by atoms with Crippen molar-refractivity contribution in [3.63, 3.8) is 0 Å². The Morgan fingerprint density at radius 1 is 1.40 bits per heavy atom. The second kappa shape index (κ2) is 5.78. The number of aliphatic hydroxyl groups excluding tert-OH is 1. The van der Waals surface area contributed by atoms with Gasteiger partial charge in [0.1, 0.15) is 5.75 Å². The molecular weight excluding hydrogens is 318 g/mol. The Labute approximate surface area is 128 Å². The van der Waals surface area contributed by atoms with Crippen molar-refractivity contribution in [3.05, 3.63) is 33.9 Å². The molecule has 1 aromatic carbocycles. The quantitative estimate of drug-likeness (QED) is 0.918. The molecular formula is C16H20BrNO2. The lowest BCUT2D eigenvalue weighted by Crippen LogP contribution is -2.48. The molecule has 1 atom stereocenters. The van der Waals surface area contributed by atoms with Crippen LogP contribution in [-0.4, -0.2) is 35.8 Å². The van der Waals surface area contributed by atoms with Crippen LogP contribution >= 0.6 is 15.9 Å². The van der Waals surface area contributed by atoms with E-state index in [4.69, 9.17) is 4.74 Å². The summed E-state index contributed by atoms with van der Waals surface area (Å²) in [5.41, 5.74) is 2.08. The summed E-state index contributed by atoms with van der Waals surface area (Å²) in [6, 6.07) is 6.01. The van der Waals surface area contributed by atoms with Crippen molar-refractivity contribution in [2.45, 2.75) is 25.9 Å². The number of nitrogens with zero attached hydrogens (tertiary/aromatic N) is 1. The fourth-order valence-corrected chi connectivity index (χ4v) is 3.54. The zero-order valence-electron chi connectivity index (χ0n) is 11.7. The van der Waals surface area contributed by atoms with Crippen molar-refractivity contribution in [3.8, 4) is 5.75 Å². The molecule has 1 aromatic rings. The molecule has 3 aliphatic rings. The van der Waals surface area contributed by atoms with E-state index in [0.29, 0.717) is 12.5 Å². The van der Waals surface area contributed by atoms with Crippen molar-refractivity contribution in [2.75, 3.05) is 19.7 Å². The summed E-state index contributed by atoms with van der Waals surface area (Å²) in [5, 5.41) is 10.4. The molecule has 4 heteroatoms. The van der Waals surface area contributed by atoms with Gasteiger partial charge in [0.2, 0.25) is 0 Å². The average molecular weight is 338 g/mol. The highest BCUT2D eigenvalue weighted by Crippen LogP contribution is 2.37. The van der Waals surface area contributed by atoms with E-state index in [9.17, 15) is 5.11 Å². The van der Waals surface area contributed by atoms with Gasteiger partial charge in [0.05, 0.1) is 12.7 Å². The first kappa shape index (κ1) is 14.0. The van der Waals surface area contributed by atoms with E-state index in [1.54, 1.807) is 0 Å². The maximum atomic E-state index is 10.4. The third kappa shape index (κ3) is 2.59. The van der Waals surface area contributed by atoms with Crippen molar-refractivity contribution in [2.24, 2.45) is 5.92 Å². The Balaban J connectivity index is 1.96. The van der Waals surface area contributed by atoms with Crippen molar-refractivity contribution < 1.29 is 9.84 Å². The number of rotatable bonds is 3. The summed E-state index contributed by atoms with van der Waals surface area (Å²) in [7, 11) is 0. The highest BCUT2D eigenvalue weighted by Gasteiger charge is 2.36. The molecule has 108 valence electrons. The van der Waals surface area contributed by atoms with Crippen LogP contribution in [0.25, 0.3) is 6.08 Å². The number of aliphatic hydroxyl groups is 1. The van der Waals surface area contributed by atoms with Gasteiger partial charge in [-0.15, -0.1) is 0 Å². The molecule has 0 amide bonds. The van der Waals surface area contributed by atoms with Gasteiger partial charge in [-0.2, -0.15) is 0 Å². The standard InChI is InChI=1S/C16H20BrNO2/c1-2-20-15-4-3-13(17)9-12(15)10-14-16(19)11-5-7-18(14)8-6-11/h3-4,9-11,16,19H,2,5-8H2,1H3. The monoisotopic (exact) mass is 337 g/mol. The zero-order valence-corrected chi connectivity index (χ0v) is 13.3. The van der Waals surface area contributed by atoms with Crippen LogP contribution in [0.5, 0.6) is 5.75 Å². The topological polar surface area (TPSA) is 32.7 Å². The van der Waals surface area contributed by atoms with Crippen LogP contribution in [0.15, 0.2) is 28.4 Å². The number of fused-ring (bicyclic) bond motifs is 3. The summed E-state index contributed by atoms with van der Waals surface area (Å²) in [6.07, 6.45) is 3.97. The number of piperidine rings is 3. The minimum atomic E-state index is -0.328. The van der Waals surface area contributed by atoms with E-state index in [-0.39, 0.29) is 6.10 Å². The van der Waals surface area contributed by atoms with Crippen molar-refractivity contribution in [1.29, 1.82) is 0 Å². The lowest BCUT2D eigenvalue weighted by Gasteiger charge is -2.46. The minimum absolute atomic E-state index is 0.328. The molecule has 0 aromatic heterocycles. The normalized spacial score (nSPS) is 27.1. The van der Waals surface area contributed by atoms with Gasteiger partial charge in [-0.1, -0.05) is 15.9 Å². The van der Waals surface area contributed by atoms with Gasteiger partial charge < -0.3 is 14.7 Å². The maximum absolute atomic E-state index is 10.4. The number of benzene rings is 1. The molecule has 0 saturated carbocycles. The van der Waals surface area contributed by atoms with Crippen molar-refractivity contribution in [1.82, 2.24) is 4.90 Å². The molecule has 4 rings (SSSR count). The Morgan fingerprint density at radius 2 is 2.15 bits per heavy atom. The summed E-state index contributed by atoms with van der Waals surface area (Å²) in [5.74, 6) is 1.30. The molecule has 3 saturated heterocycles. The number of ether oxygens (including phenoxy) is 1. The third-order valence-corrected chi connectivity index (χ3v) is 4.72. The predicted molar refractivity (Wildman–Crippen MR) is 83.6 cm³/mol. The Kier molecular flexibility index (Phi) is 4.03. The van der Waals surface area contributed by atoms with Crippen LogP contribution < -0.4 is 4.74 Å². The summed E-state index contributed by atoms with van der Waals surface area (Å²) in [6.45, 7) is 4.75. The van der Waals surface area contributed by atoms with Crippen LogP contribution in [-0.2, 0) is 0 Å². The number of halogens is 1. The Bertz CT molecular complexity index is 517. The molecule has 20 heavy (non-hydrogen) atoms. The minimum Gasteiger partial charge on any atom is -0.493 e. The fraction of sp³-hybridized carbons (Fsp3) is 0.500. The third-order valence-electron chi connectivity index (χ3n) is 4.23. The van der Waals surface area contributed by atoms with E-state index in [0.717, 1.165) is 47.4 Å². The van der Waals surface area contributed by atoms with Gasteiger partial charge >= 0.3 is 0 Å². The van der Waals surface area contributed by atoms with E-state index in [1.807, 2.05) is 25.1 Å². The van der Waals surface area contributed by atoms with E-state index in [1.165, 1.54) is 0 Å². The van der Waals surface area contributed by atoms with Gasteiger partial charge in [-0.05, 0) is 50.0 Å². The maximum Gasteiger partial charge on any atom is 0.126 e. The first-order valence-electron chi connectivity index (χ1n) is 7.26. The average Bonchev–Trinajstić information content (AvgIpc) is 2.46. The van der Waals surface area contributed by atoms with Crippen LogP contribution in [0.3, 0.4) is 0 Å². The lowest BCUT2D eigenvalue weighted by molar-refractivity contribution is 0.0215.